The minimum Gasteiger partial charge on any atom is -0.383 e. The number of nitrogens with zero attached hydrogens (tertiary/aromatic N) is 2. The molecular formula is C13H22ClN3O2. The van der Waals surface area contributed by atoms with Gasteiger partial charge in [0.05, 0.1) is 12.0 Å². The molecule has 0 aliphatic heterocycles. The Hall–Kier alpha value is -1.07. The number of halogens is 1. The summed E-state index contributed by atoms with van der Waals surface area (Å²) in [7, 11) is 1.61. The first-order chi connectivity index (χ1) is 8.86. The third kappa shape index (κ3) is 4.84. The summed E-state index contributed by atoms with van der Waals surface area (Å²) in [5.74, 6) is 0.360. The predicted molar refractivity (Wildman–Crippen MR) is 78.1 cm³/mol. The first-order valence-electron chi connectivity index (χ1n) is 6.31. The molecule has 1 heterocycles. The van der Waals surface area contributed by atoms with Crippen LogP contribution in [0.4, 0.5) is 5.82 Å². The SMILES string of the molecule is COCC(Cl)CCNc1nccn(C(C)(C)C)c1=O. The average molecular weight is 288 g/mol. The van der Waals surface area contributed by atoms with Gasteiger partial charge >= 0.3 is 0 Å². The van der Waals surface area contributed by atoms with Crippen LogP contribution in [0, 0.1) is 0 Å². The van der Waals surface area contributed by atoms with E-state index in [4.69, 9.17) is 16.3 Å². The van der Waals surface area contributed by atoms with E-state index >= 15 is 0 Å². The highest BCUT2D eigenvalue weighted by Gasteiger charge is 2.16. The Balaban J connectivity index is 2.68. The molecular weight excluding hydrogens is 266 g/mol. The van der Waals surface area contributed by atoms with Crippen molar-refractivity contribution in [3.05, 3.63) is 22.7 Å². The lowest BCUT2D eigenvalue weighted by molar-refractivity contribution is 0.196. The van der Waals surface area contributed by atoms with Crippen molar-refractivity contribution in [2.75, 3.05) is 25.6 Å². The van der Waals surface area contributed by atoms with E-state index in [0.717, 1.165) is 0 Å². The molecule has 1 aromatic heterocycles. The van der Waals surface area contributed by atoms with Crippen LogP contribution in [-0.4, -0.2) is 35.2 Å². The summed E-state index contributed by atoms with van der Waals surface area (Å²) in [5.41, 5.74) is -0.380. The van der Waals surface area contributed by atoms with Gasteiger partial charge in [-0.05, 0) is 27.2 Å². The van der Waals surface area contributed by atoms with Crippen molar-refractivity contribution in [2.45, 2.75) is 38.1 Å². The van der Waals surface area contributed by atoms with Crippen molar-refractivity contribution in [2.24, 2.45) is 0 Å². The Morgan fingerprint density at radius 1 is 1.53 bits per heavy atom. The Morgan fingerprint density at radius 2 is 2.21 bits per heavy atom. The molecule has 0 aliphatic carbocycles. The van der Waals surface area contributed by atoms with Gasteiger partial charge in [0.2, 0.25) is 0 Å². The quantitative estimate of drug-likeness (QED) is 0.814. The van der Waals surface area contributed by atoms with Gasteiger partial charge in [-0.1, -0.05) is 0 Å². The Labute approximate surface area is 118 Å². The van der Waals surface area contributed by atoms with Crippen molar-refractivity contribution in [1.29, 1.82) is 0 Å². The molecule has 0 spiro atoms. The van der Waals surface area contributed by atoms with Gasteiger partial charge in [0.25, 0.3) is 5.56 Å². The molecule has 1 aromatic rings. The second-order valence-electron chi connectivity index (χ2n) is 5.39. The van der Waals surface area contributed by atoms with E-state index in [1.54, 1.807) is 24.1 Å². The largest absolute Gasteiger partial charge is 0.383 e. The van der Waals surface area contributed by atoms with Gasteiger partial charge in [-0.25, -0.2) is 4.98 Å². The number of aromatic nitrogens is 2. The maximum absolute atomic E-state index is 12.2. The van der Waals surface area contributed by atoms with Gasteiger partial charge in [-0.15, -0.1) is 11.6 Å². The number of hydrogen-bond donors (Lipinski definition) is 1. The fourth-order valence-corrected chi connectivity index (χ4v) is 1.91. The second kappa shape index (κ2) is 6.91. The lowest BCUT2D eigenvalue weighted by atomic mass is 10.1. The summed E-state index contributed by atoms with van der Waals surface area (Å²) in [6.45, 7) is 7.02. The fraction of sp³-hybridized carbons (Fsp3) is 0.692. The standard InChI is InChI=1S/C13H22ClN3O2/c1-13(2,3)17-8-7-16-11(12(17)18)15-6-5-10(14)9-19-4/h7-8,10H,5-6,9H2,1-4H3,(H,15,16). The second-order valence-corrected chi connectivity index (χ2v) is 6.01. The van der Waals surface area contributed by atoms with Gasteiger partial charge in [0.1, 0.15) is 0 Å². The van der Waals surface area contributed by atoms with Crippen molar-refractivity contribution in [3.8, 4) is 0 Å². The minimum absolute atomic E-state index is 0.0638. The molecule has 6 heteroatoms. The van der Waals surface area contributed by atoms with E-state index in [2.05, 4.69) is 10.3 Å². The molecule has 5 nitrogen and oxygen atoms in total. The van der Waals surface area contributed by atoms with Crippen LogP contribution < -0.4 is 10.9 Å². The molecule has 0 aliphatic rings. The monoisotopic (exact) mass is 287 g/mol. The highest BCUT2D eigenvalue weighted by molar-refractivity contribution is 6.20. The molecule has 0 aromatic carbocycles. The molecule has 1 N–H and O–H groups in total. The number of hydrogen-bond acceptors (Lipinski definition) is 4. The summed E-state index contributed by atoms with van der Waals surface area (Å²) in [5, 5.41) is 2.97. The molecule has 0 radical (unpaired) electrons. The number of anilines is 1. The van der Waals surface area contributed by atoms with Crippen molar-refractivity contribution in [3.63, 3.8) is 0 Å². The number of alkyl halides is 1. The van der Waals surface area contributed by atoms with E-state index in [1.807, 2.05) is 20.8 Å². The maximum atomic E-state index is 12.2. The molecule has 0 saturated heterocycles. The van der Waals surface area contributed by atoms with Crippen LogP contribution in [0.15, 0.2) is 17.2 Å². The number of nitrogens with one attached hydrogen (secondary N) is 1. The van der Waals surface area contributed by atoms with Gasteiger partial charge in [-0.2, -0.15) is 0 Å². The van der Waals surface area contributed by atoms with Gasteiger partial charge < -0.3 is 14.6 Å². The number of methoxy groups -OCH3 is 1. The average Bonchev–Trinajstić information content (AvgIpc) is 2.30. The molecule has 1 rings (SSSR count). The highest BCUT2D eigenvalue weighted by atomic mass is 35.5. The number of rotatable bonds is 6. The van der Waals surface area contributed by atoms with Crippen LogP contribution in [0.2, 0.25) is 0 Å². The summed E-state index contributed by atoms with van der Waals surface area (Å²) >= 11 is 6.02. The van der Waals surface area contributed by atoms with Crippen LogP contribution in [0.3, 0.4) is 0 Å². The van der Waals surface area contributed by atoms with Crippen LogP contribution in [0.1, 0.15) is 27.2 Å². The van der Waals surface area contributed by atoms with E-state index in [-0.39, 0.29) is 16.5 Å². The zero-order valence-corrected chi connectivity index (χ0v) is 12.7. The van der Waals surface area contributed by atoms with Crippen LogP contribution >= 0.6 is 11.6 Å². The van der Waals surface area contributed by atoms with Crippen LogP contribution in [0.5, 0.6) is 0 Å². The fourth-order valence-electron chi connectivity index (χ4n) is 1.67. The van der Waals surface area contributed by atoms with Crippen LogP contribution in [-0.2, 0) is 10.3 Å². The van der Waals surface area contributed by atoms with E-state index in [9.17, 15) is 4.79 Å². The molecule has 108 valence electrons. The molecule has 1 atom stereocenters. The van der Waals surface area contributed by atoms with E-state index in [0.29, 0.717) is 25.4 Å². The first-order valence-corrected chi connectivity index (χ1v) is 6.75. The van der Waals surface area contributed by atoms with E-state index < -0.39 is 0 Å². The van der Waals surface area contributed by atoms with E-state index in [1.165, 1.54) is 0 Å². The minimum atomic E-state index is -0.262. The predicted octanol–water partition coefficient (Wildman–Crippen LogP) is 2.05. The normalized spacial score (nSPS) is 13.3. The zero-order valence-electron chi connectivity index (χ0n) is 11.9. The summed E-state index contributed by atoms with van der Waals surface area (Å²) in [6.07, 6.45) is 4.03. The van der Waals surface area contributed by atoms with Gasteiger partial charge in [-0.3, -0.25) is 4.79 Å². The van der Waals surface area contributed by atoms with Crippen molar-refractivity contribution < 1.29 is 4.74 Å². The van der Waals surface area contributed by atoms with Crippen LogP contribution in [0.25, 0.3) is 0 Å². The lowest BCUT2D eigenvalue weighted by Crippen LogP contribution is -2.35. The highest BCUT2D eigenvalue weighted by Crippen LogP contribution is 2.11. The molecule has 0 fully saturated rings. The molecule has 19 heavy (non-hydrogen) atoms. The smallest absolute Gasteiger partial charge is 0.293 e. The lowest BCUT2D eigenvalue weighted by Gasteiger charge is -2.22. The molecule has 0 bridgehead atoms. The van der Waals surface area contributed by atoms with Gasteiger partial charge in [0.15, 0.2) is 5.82 Å². The third-order valence-electron chi connectivity index (χ3n) is 2.66. The Bertz CT molecular complexity index is 454. The third-order valence-corrected chi connectivity index (χ3v) is 3.01. The molecule has 1 unspecified atom stereocenters. The molecule has 0 saturated carbocycles. The van der Waals surface area contributed by atoms with Crippen molar-refractivity contribution >= 4 is 17.4 Å². The summed E-state index contributed by atoms with van der Waals surface area (Å²) in [6, 6.07) is 0. The summed E-state index contributed by atoms with van der Waals surface area (Å²) < 4.78 is 6.62. The maximum Gasteiger partial charge on any atom is 0.293 e. The Morgan fingerprint density at radius 3 is 2.79 bits per heavy atom. The summed E-state index contributed by atoms with van der Waals surface area (Å²) in [4.78, 5) is 16.3. The van der Waals surface area contributed by atoms with Crippen molar-refractivity contribution in [1.82, 2.24) is 9.55 Å². The van der Waals surface area contributed by atoms with Gasteiger partial charge in [0, 0.05) is 31.6 Å². The molecule has 0 amide bonds. The number of ether oxygens (including phenoxy) is 1. The topological polar surface area (TPSA) is 56.1 Å². The zero-order chi connectivity index (χ0) is 14.5. The Kier molecular flexibility index (Phi) is 5.82. The first kappa shape index (κ1) is 16.0.